The van der Waals surface area contributed by atoms with Crippen molar-refractivity contribution in [1.29, 1.82) is 0 Å². The average molecular weight is 290 g/mol. The Labute approximate surface area is 127 Å². The van der Waals surface area contributed by atoms with Gasteiger partial charge in [0.2, 0.25) is 5.91 Å². The maximum Gasteiger partial charge on any atom is 0.216 e. The van der Waals surface area contributed by atoms with Crippen molar-refractivity contribution in [2.24, 2.45) is 5.92 Å². The van der Waals surface area contributed by atoms with Gasteiger partial charge in [-0.05, 0) is 56.5 Å². The molecule has 0 bridgehead atoms. The number of pyridine rings is 1. The Morgan fingerprint density at radius 1 is 1.43 bits per heavy atom. The minimum absolute atomic E-state index is 0.0742. The van der Waals surface area contributed by atoms with Crippen molar-refractivity contribution in [3.05, 3.63) is 23.9 Å². The molecule has 0 aliphatic carbocycles. The van der Waals surface area contributed by atoms with E-state index in [1.54, 1.807) is 6.92 Å². The molecule has 0 atom stereocenters. The van der Waals surface area contributed by atoms with Gasteiger partial charge >= 0.3 is 0 Å². The fourth-order valence-electron chi connectivity index (χ4n) is 2.75. The molecule has 5 nitrogen and oxygen atoms in total. The van der Waals surface area contributed by atoms with Gasteiger partial charge in [-0.2, -0.15) is 0 Å². The molecule has 0 saturated carbocycles. The fourth-order valence-corrected chi connectivity index (χ4v) is 2.75. The highest BCUT2D eigenvalue weighted by atomic mass is 16.1. The zero-order valence-electron chi connectivity index (χ0n) is 13.1. The second kappa shape index (κ2) is 7.98. The molecule has 116 valence electrons. The van der Waals surface area contributed by atoms with Gasteiger partial charge in [-0.15, -0.1) is 0 Å². The van der Waals surface area contributed by atoms with Crippen molar-refractivity contribution in [3.63, 3.8) is 0 Å². The van der Waals surface area contributed by atoms with Crippen molar-refractivity contribution >= 4 is 11.7 Å². The Morgan fingerprint density at radius 3 is 2.86 bits per heavy atom. The summed E-state index contributed by atoms with van der Waals surface area (Å²) < 4.78 is 0. The van der Waals surface area contributed by atoms with Crippen LogP contribution in [0.3, 0.4) is 0 Å². The maximum absolute atomic E-state index is 10.9. The predicted octanol–water partition coefficient (Wildman–Crippen LogP) is 1.86. The zero-order chi connectivity index (χ0) is 15.1. The first-order chi connectivity index (χ1) is 10.2. The number of aromatic nitrogens is 1. The Balaban J connectivity index is 1.78. The van der Waals surface area contributed by atoms with Crippen molar-refractivity contribution in [3.8, 4) is 0 Å². The van der Waals surface area contributed by atoms with E-state index in [0.29, 0.717) is 5.92 Å². The summed E-state index contributed by atoms with van der Waals surface area (Å²) in [7, 11) is 0. The van der Waals surface area contributed by atoms with Crippen LogP contribution in [0.5, 0.6) is 0 Å². The lowest BCUT2D eigenvalue weighted by atomic mass is 9.96. The summed E-state index contributed by atoms with van der Waals surface area (Å²) in [5.74, 6) is 1.65. The van der Waals surface area contributed by atoms with E-state index in [1.807, 2.05) is 6.20 Å². The summed E-state index contributed by atoms with van der Waals surface area (Å²) >= 11 is 0. The van der Waals surface area contributed by atoms with Crippen molar-refractivity contribution < 1.29 is 4.79 Å². The highest BCUT2D eigenvalue weighted by Gasteiger charge is 2.19. The number of anilines is 1. The van der Waals surface area contributed by atoms with Crippen LogP contribution < -0.4 is 10.6 Å². The summed E-state index contributed by atoms with van der Waals surface area (Å²) in [5, 5.41) is 6.18. The van der Waals surface area contributed by atoms with Gasteiger partial charge < -0.3 is 10.6 Å². The van der Waals surface area contributed by atoms with Crippen LogP contribution in [-0.2, 0) is 11.3 Å². The summed E-state index contributed by atoms with van der Waals surface area (Å²) in [6.07, 6.45) is 4.19. The molecule has 1 aromatic heterocycles. The van der Waals surface area contributed by atoms with Crippen LogP contribution in [0.1, 0.15) is 32.3 Å². The zero-order valence-corrected chi connectivity index (χ0v) is 13.1. The van der Waals surface area contributed by atoms with Crippen LogP contribution in [0.15, 0.2) is 18.3 Å². The first kappa shape index (κ1) is 15.8. The van der Waals surface area contributed by atoms with Crippen LogP contribution in [0.4, 0.5) is 5.82 Å². The molecule has 0 aromatic carbocycles. The number of nitrogens with zero attached hydrogens (tertiary/aromatic N) is 2. The lowest BCUT2D eigenvalue weighted by Gasteiger charge is -2.32. The van der Waals surface area contributed by atoms with Gasteiger partial charge in [-0.1, -0.05) is 0 Å². The van der Waals surface area contributed by atoms with Gasteiger partial charge in [0.15, 0.2) is 0 Å². The standard InChI is InChI=1S/C16H26N4O/c1-3-17-16-10-15(4-7-18-16)12-20-8-5-14(6-9-20)11-19-13(2)21/h4,7,10,14H,3,5-6,8-9,11-12H2,1-2H3,(H,17,18)(H,19,21). The van der Waals surface area contributed by atoms with Crippen LogP contribution in [0, 0.1) is 5.92 Å². The quantitative estimate of drug-likeness (QED) is 0.839. The summed E-state index contributed by atoms with van der Waals surface area (Å²) in [4.78, 5) is 17.7. The van der Waals surface area contributed by atoms with Crippen LogP contribution >= 0.6 is 0 Å². The molecule has 1 aliphatic heterocycles. The van der Waals surface area contributed by atoms with E-state index in [-0.39, 0.29) is 5.91 Å². The number of hydrogen-bond acceptors (Lipinski definition) is 4. The summed E-state index contributed by atoms with van der Waals surface area (Å²) in [6.45, 7) is 8.56. The van der Waals surface area contributed by atoms with E-state index >= 15 is 0 Å². The molecule has 21 heavy (non-hydrogen) atoms. The number of carbonyl (C=O) groups is 1. The number of rotatable bonds is 6. The second-order valence-corrected chi connectivity index (χ2v) is 5.74. The van der Waals surface area contributed by atoms with Gasteiger partial charge in [0, 0.05) is 32.8 Å². The maximum atomic E-state index is 10.9. The molecule has 1 saturated heterocycles. The van der Waals surface area contributed by atoms with Gasteiger partial charge in [0.25, 0.3) is 0 Å². The predicted molar refractivity (Wildman–Crippen MR) is 85.1 cm³/mol. The first-order valence-electron chi connectivity index (χ1n) is 7.83. The molecule has 1 aliphatic rings. The molecule has 0 spiro atoms. The monoisotopic (exact) mass is 290 g/mol. The molecule has 0 radical (unpaired) electrons. The normalized spacial score (nSPS) is 16.7. The van der Waals surface area contributed by atoms with Crippen LogP contribution in [0.25, 0.3) is 0 Å². The Hall–Kier alpha value is -1.62. The molecule has 2 N–H and O–H groups in total. The number of nitrogens with one attached hydrogen (secondary N) is 2. The van der Waals surface area contributed by atoms with E-state index < -0.39 is 0 Å². The average Bonchev–Trinajstić information content (AvgIpc) is 2.47. The molecule has 1 amide bonds. The minimum Gasteiger partial charge on any atom is -0.370 e. The van der Waals surface area contributed by atoms with E-state index in [9.17, 15) is 4.79 Å². The van der Waals surface area contributed by atoms with Crippen molar-refractivity contribution in [2.45, 2.75) is 33.2 Å². The molecule has 1 fully saturated rings. The largest absolute Gasteiger partial charge is 0.370 e. The molecule has 5 heteroatoms. The Kier molecular flexibility index (Phi) is 5.99. The number of hydrogen-bond donors (Lipinski definition) is 2. The lowest BCUT2D eigenvalue weighted by Crippen LogP contribution is -2.37. The van der Waals surface area contributed by atoms with Crippen molar-refractivity contribution in [1.82, 2.24) is 15.2 Å². The molecule has 2 heterocycles. The number of piperidine rings is 1. The summed E-state index contributed by atoms with van der Waals surface area (Å²) in [5.41, 5.74) is 1.31. The molecular weight excluding hydrogens is 264 g/mol. The summed E-state index contributed by atoms with van der Waals surface area (Å²) in [6, 6.07) is 4.22. The van der Waals surface area contributed by atoms with Gasteiger partial charge in [-0.25, -0.2) is 4.98 Å². The molecular formula is C16H26N4O. The third kappa shape index (κ3) is 5.34. The van der Waals surface area contributed by atoms with Gasteiger partial charge in [0.1, 0.15) is 5.82 Å². The lowest BCUT2D eigenvalue weighted by molar-refractivity contribution is -0.119. The smallest absolute Gasteiger partial charge is 0.216 e. The first-order valence-corrected chi connectivity index (χ1v) is 7.83. The van der Waals surface area contributed by atoms with E-state index in [2.05, 4.69) is 39.6 Å². The SMILES string of the molecule is CCNc1cc(CN2CCC(CNC(C)=O)CC2)ccn1. The van der Waals surface area contributed by atoms with Gasteiger partial charge in [-0.3, -0.25) is 9.69 Å². The molecule has 1 aromatic rings. The third-order valence-electron chi connectivity index (χ3n) is 3.94. The Morgan fingerprint density at radius 2 is 2.19 bits per heavy atom. The third-order valence-corrected chi connectivity index (χ3v) is 3.94. The highest BCUT2D eigenvalue weighted by molar-refractivity contribution is 5.72. The van der Waals surface area contributed by atoms with Crippen LogP contribution in [-0.4, -0.2) is 42.0 Å². The molecule has 2 rings (SSSR count). The van der Waals surface area contributed by atoms with E-state index in [1.165, 1.54) is 5.56 Å². The number of likely N-dealkylation sites (tertiary alicyclic amines) is 1. The Bertz CT molecular complexity index is 455. The topological polar surface area (TPSA) is 57.3 Å². The second-order valence-electron chi connectivity index (χ2n) is 5.74. The fraction of sp³-hybridized carbons (Fsp3) is 0.625. The number of carbonyl (C=O) groups excluding carboxylic acids is 1. The van der Waals surface area contributed by atoms with E-state index in [0.717, 1.165) is 51.4 Å². The minimum atomic E-state index is 0.0742. The highest BCUT2D eigenvalue weighted by Crippen LogP contribution is 2.19. The van der Waals surface area contributed by atoms with Crippen molar-refractivity contribution in [2.75, 3.05) is 31.5 Å². The molecule has 0 unspecified atom stereocenters. The van der Waals surface area contributed by atoms with Gasteiger partial charge in [0.05, 0.1) is 0 Å². The van der Waals surface area contributed by atoms with E-state index in [4.69, 9.17) is 0 Å². The number of amides is 1. The van der Waals surface area contributed by atoms with Crippen LogP contribution in [0.2, 0.25) is 0 Å².